The third-order valence-corrected chi connectivity index (χ3v) is 3.00. The normalized spacial score (nSPS) is 10.6. The second kappa shape index (κ2) is 5.24. The zero-order valence-corrected chi connectivity index (χ0v) is 10.8. The van der Waals surface area contributed by atoms with Crippen LogP contribution in [-0.2, 0) is 0 Å². The van der Waals surface area contributed by atoms with E-state index in [1.807, 2.05) is 0 Å². The second-order valence-electron chi connectivity index (χ2n) is 4.38. The van der Waals surface area contributed by atoms with Gasteiger partial charge in [-0.3, -0.25) is 15.0 Å². The van der Waals surface area contributed by atoms with Crippen LogP contribution in [0.3, 0.4) is 0 Å². The van der Waals surface area contributed by atoms with Crippen LogP contribution in [0.1, 0.15) is 0 Å². The maximum absolute atomic E-state index is 14.0. The fourth-order valence-corrected chi connectivity index (χ4v) is 2.06. The zero-order chi connectivity index (χ0) is 14.8. The number of nitrogens with zero attached hydrogens (tertiary/aromatic N) is 3. The molecule has 0 aliphatic heterocycles. The molecule has 104 valence electrons. The summed E-state index contributed by atoms with van der Waals surface area (Å²) in [5, 5.41) is 0. The van der Waals surface area contributed by atoms with E-state index in [0.29, 0.717) is 16.9 Å². The van der Waals surface area contributed by atoms with Gasteiger partial charge in [-0.1, -0.05) is 0 Å². The van der Waals surface area contributed by atoms with Gasteiger partial charge < -0.3 is 5.73 Å². The van der Waals surface area contributed by atoms with Gasteiger partial charge in [0.15, 0.2) is 5.82 Å². The first-order valence-electron chi connectivity index (χ1n) is 6.12. The van der Waals surface area contributed by atoms with Crippen molar-refractivity contribution < 1.29 is 8.78 Å². The van der Waals surface area contributed by atoms with Crippen molar-refractivity contribution in [1.29, 1.82) is 0 Å². The quantitative estimate of drug-likeness (QED) is 0.785. The number of nitrogen functional groups attached to an aromatic ring is 1. The Hall–Kier alpha value is -2.89. The van der Waals surface area contributed by atoms with Crippen LogP contribution < -0.4 is 5.73 Å². The molecule has 4 nitrogen and oxygen atoms in total. The number of halogens is 2. The molecule has 21 heavy (non-hydrogen) atoms. The lowest BCUT2D eigenvalue weighted by Crippen LogP contribution is -1.97. The summed E-state index contributed by atoms with van der Waals surface area (Å²) in [7, 11) is 0. The van der Waals surface area contributed by atoms with Crippen LogP contribution >= 0.6 is 0 Å². The van der Waals surface area contributed by atoms with Crippen molar-refractivity contribution in [2.45, 2.75) is 0 Å². The van der Waals surface area contributed by atoms with Crippen molar-refractivity contribution in [3.05, 3.63) is 60.8 Å². The fourth-order valence-electron chi connectivity index (χ4n) is 2.06. The molecule has 3 aromatic rings. The van der Waals surface area contributed by atoms with Gasteiger partial charge in [-0.15, -0.1) is 0 Å². The van der Waals surface area contributed by atoms with E-state index >= 15 is 0 Å². The average Bonchev–Trinajstić information content (AvgIpc) is 2.49. The Kier molecular flexibility index (Phi) is 3.27. The lowest BCUT2D eigenvalue weighted by molar-refractivity contribution is 0.622. The van der Waals surface area contributed by atoms with Crippen molar-refractivity contribution in [3.63, 3.8) is 0 Å². The Balaban J connectivity index is 2.29. The molecule has 0 amide bonds. The van der Waals surface area contributed by atoms with E-state index in [1.165, 1.54) is 30.7 Å². The topological polar surface area (TPSA) is 64.7 Å². The maximum atomic E-state index is 14.0. The molecule has 0 saturated carbocycles. The minimum Gasteiger partial charge on any atom is -0.397 e. The van der Waals surface area contributed by atoms with E-state index in [0.717, 1.165) is 12.4 Å². The monoisotopic (exact) mass is 284 g/mol. The number of rotatable bonds is 2. The average molecular weight is 284 g/mol. The van der Waals surface area contributed by atoms with Crippen LogP contribution in [0.25, 0.3) is 22.4 Å². The van der Waals surface area contributed by atoms with Crippen LogP contribution in [0.15, 0.2) is 49.2 Å². The highest BCUT2D eigenvalue weighted by Gasteiger charge is 2.16. The molecule has 0 aromatic carbocycles. The molecule has 0 bridgehead atoms. The predicted molar refractivity (Wildman–Crippen MR) is 75.0 cm³/mol. The standard InChI is InChI=1S/C15H10F2N4/c16-13-7-19-3-1-10(13)12-5-9(18)6-21-15(12)11-2-4-20-8-14(11)17/h1-8H,18H2. The van der Waals surface area contributed by atoms with Crippen LogP contribution in [-0.4, -0.2) is 15.0 Å². The first kappa shape index (κ1) is 13.1. The maximum Gasteiger partial charge on any atom is 0.150 e. The molecular formula is C15H10F2N4. The van der Waals surface area contributed by atoms with Crippen LogP contribution in [0.5, 0.6) is 0 Å². The predicted octanol–water partition coefficient (Wildman–Crippen LogP) is 3.07. The van der Waals surface area contributed by atoms with Gasteiger partial charge in [0, 0.05) is 29.1 Å². The molecular weight excluding hydrogens is 274 g/mol. The SMILES string of the molecule is Nc1cnc(-c2ccncc2F)c(-c2ccncc2F)c1. The summed E-state index contributed by atoms with van der Waals surface area (Å²) in [6.07, 6.45) is 6.47. The first-order chi connectivity index (χ1) is 10.2. The minimum absolute atomic E-state index is 0.233. The molecule has 0 unspecified atom stereocenters. The molecule has 0 spiro atoms. The Labute approximate surface area is 119 Å². The molecule has 0 radical (unpaired) electrons. The highest BCUT2D eigenvalue weighted by molar-refractivity contribution is 5.82. The lowest BCUT2D eigenvalue weighted by Gasteiger charge is -2.11. The first-order valence-corrected chi connectivity index (χ1v) is 6.12. The van der Waals surface area contributed by atoms with Crippen LogP contribution in [0.2, 0.25) is 0 Å². The van der Waals surface area contributed by atoms with Gasteiger partial charge >= 0.3 is 0 Å². The molecule has 0 fully saturated rings. The fraction of sp³-hybridized carbons (Fsp3) is 0. The van der Waals surface area contributed by atoms with Gasteiger partial charge in [0.05, 0.1) is 30.0 Å². The summed E-state index contributed by atoms with van der Waals surface area (Å²) in [6.45, 7) is 0. The van der Waals surface area contributed by atoms with Crippen molar-refractivity contribution in [2.24, 2.45) is 0 Å². The third-order valence-electron chi connectivity index (χ3n) is 3.00. The van der Waals surface area contributed by atoms with Gasteiger partial charge in [-0.25, -0.2) is 8.78 Å². The third kappa shape index (κ3) is 2.43. The number of aromatic nitrogens is 3. The van der Waals surface area contributed by atoms with Crippen molar-refractivity contribution in [1.82, 2.24) is 15.0 Å². The number of pyridine rings is 3. The van der Waals surface area contributed by atoms with E-state index in [1.54, 1.807) is 6.07 Å². The van der Waals surface area contributed by atoms with Gasteiger partial charge in [-0.05, 0) is 18.2 Å². The molecule has 0 atom stereocenters. The molecule has 3 aromatic heterocycles. The summed E-state index contributed by atoms with van der Waals surface area (Å²) in [4.78, 5) is 11.5. The Morgan fingerprint density at radius 3 is 2.05 bits per heavy atom. The summed E-state index contributed by atoms with van der Waals surface area (Å²) >= 11 is 0. The molecule has 2 N–H and O–H groups in total. The van der Waals surface area contributed by atoms with Gasteiger partial charge in [0.2, 0.25) is 0 Å². The Bertz CT molecular complexity index is 805. The van der Waals surface area contributed by atoms with Crippen molar-refractivity contribution in [3.8, 4) is 22.4 Å². The van der Waals surface area contributed by atoms with Gasteiger partial charge in [0.25, 0.3) is 0 Å². The van der Waals surface area contributed by atoms with E-state index in [2.05, 4.69) is 15.0 Å². The molecule has 3 heterocycles. The van der Waals surface area contributed by atoms with Crippen molar-refractivity contribution in [2.75, 3.05) is 5.73 Å². The highest BCUT2D eigenvalue weighted by Crippen LogP contribution is 2.33. The zero-order valence-electron chi connectivity index (χ0n) is 10.8. The Morgan fingerprint density at radius 1 is 0.810 bits per heavy atom. The summed E-state index contributed by atoms with van der Waals surface area (Å²) in [5.74, 6) is -1.06. The summed E-state index contributed by atoms with van der Waals surface area (Å²) in [5.41, 5.74) is 7.28. The molecule has 0 saturated heterocycles. The largest absolute Gasteiger partial charge is 0.397 e. The van der Waals surface area contributed by atoms with Gasteiger partial charge in [0.1, 0.15) is 5.82 Å². The van der Waals surface area contributed by atoms with E-state index in [4.69, 9.17) is 5.73 Å². The lowest BCUT2D eigenvalue weighted by atomic mass is 10.00. The van der Waals surface area contributed by atoms with Crippen LogP contribution in [0, 0.1) is 11.6 Å². The van der Waals surface area contributed by atoms with Crippen molar-refractivity contribution >= 4 is 5.69 Å². The summed E-state index contributed by atoms with van der Waals surface area (Å²) < 4.78 is 27.9. The van der Waals surface area contributed by atoms with E-state index in [-0.39, 0.29) is 11.1 Å². The molecule has 0 aliphatic carbocycles. The summed E-state index contributed by atoms with van der Waals surface area (Å²) in [6, 6.07) is 4.53. The molecule has 0 aliphatic rings. The minimum atomic E-state index is -0.537. The number of nitrogens with two attached hydrogens (primary N) is 1. The highest BCUT2D eigenvalue weighted by atomic mass is 19.1. The van der Waals surface area contributed by atoms with E-state index in [9.17, 15) is 8.78 Å². The number of anilines is 1. The number of hydrogen-bond acceptors (Lipinski definition) is 4. The molecule has 6 heteroatoms. The number of hydrogen-bond donors (Lipinski definition) is 1. The van der Waals surface area contributed by atoms with Gasteiger partial charge in [-0.2, -0.15) is 0 Å². The van der Waals surface area contributed by atoms with E-state index < -0.39 is 11.6 Å². The molecule has 3 rings (SSSR count). The Morgan fingerprint density at radius 2 is 1.43 bits per heavy atom. The smallest absolute Gasteiger partial charge is 0.150 e. The second-order valence-corrected chi connectivity index (χ2v) is 4.38. The van der Waals surface area contributed by atoms with Crippen LogP contribution in [0.4, 0.5) is 14.5 Å².